The number of rotatable bonds is 10. The van der Waals surface area contributed by atoms with Crippen molar-refractivity contribution in [3.63, 3.8) is 0 Å². The smallest absolute Gasteiger partial charge is 0.252 e. The van der Waals surface area contributed by atoms with Crippen molar-refractivity contribution in [2.24, 2.45) is 0 Å². The lowest BCUT2D eigenvalue weighted by molar-refractivity contribution is 0.583. The molecule has 0 saturated carbocycles. The van der Waals surface area contributed by atoms with Crippen molar-refractivity contribution >= 4 is 143 Å². The SMILES string of the molecule is Fc1cc(F)c(N2c3cc(N(c4ccccc4)c4ccccc4)cc4c3B(c3ccccc3N4c3ccccc3)c3cc4c(c(F)c32)Sc2cc(N(c3ccccc3)c3ccccc3)cc3c2B4c2ccccc2N3c2ccccc2)c(-c2ccccc2)c1. The third-order valence-electron chi connectivity index (χ3n) is 17.8. The molecule has 4 aliphatic heterocycles. The van der Waals surface area contributed by atoms with Crippen molar-refractivity contribution < 1.29 is 13.2 Å². The van der Waals surface area contributed by atoms with Crippen LogP contribution in [0.15, 0.2) is 313 Å². The van der Waals surface area contributed by atoms with E-state index in [0.29, 0.717) is 21.6 Å². The predicted molar refractivity (Wildman–Crippen MR) is 365 cm³/mol. The third kappa shape index (κ3) is 8.44. The lowest BCUT2D eigenvalue weighted by Gasteiger charge is -2.46. The second kappa shape index (κ2) is 21.2. The molecule has 0 aromatic heterocycles. The Kier molecular flexibility index (Phi) is 12.5. The van der Waals surface area contributed by atoms with E-state index in [1.807, 2.05) is 127 Å². The average molecular weight is 1170 g/mol. The molecule has 89 heavy (non-hydrogen) atoms. The van der Waals surface area contributed by atoms with Gasteiger partial charge < -0.3 is 24.5 Å². The first-order valence-electron chi connectivity index (χ1n) is 29.9. The molecular weight excluding hydrogens is 1120 g/mol. The van der Waals surface area contributed by atoms with E-state index >= 15 is 13.2 Å². The summed E-state index contributed by atoms with van der Waals surface area (Å²) < 4.78 is 55.2. The standard InChI is InChI=1S/C78H50B2F3N5S/c81-52-44-61(51-26-8-1-9-27-51)76(66(82)45-52)88-70-47-59(84(53-28-10-2-11-29-53)54-30-12-3-13-31-54)46-69-73(70)79(62-40-22-24-42-67(62)86(69)57-36-18-6-19-37-57)64-50-65-78(75(83)77(64)88)89-72-49-60(85(55-32-14-4-15-33-55)56-34-16-5-17-35-56)48-71-74(72)80(65)63-41-23-25-43-68(63)87(71)58-38-20-7-21-39-58/h1-50H. The highest BCUT2D eigenvalue weighted by molar-refractivity contribution is 8.00. The first kappa shape index (κ1) is 52.5. The van der Waals surface area contributed by atoms with Crippen LogP contribution in [0.3, 0.4) is 0 Å². The Morgan fingerprint density at radius 1 is 0.315 bits per heavy atom. The van der Waals surface area contributed by atoms with Crippen molar-refractivity contribution in [1.29, 1.82) is 0 Å². The van der Waals surface area contributed by atoms with E-state index in [2.05, 4.69) is 183 Å². The number of fused-ring (bicyclic) bond motifs is 8. The minimum atomic E-state index is -0.833. The molecule has 4 aliphatic rings. The van der Waals surface area contributed by atoms with E-state index in [1.54, 1.807) is 4.90 Å². The van der Waals surface area contributed by atoms with Crippen LogP contribution >= 0.6 is 11.8 Å². The molecule has 11 heteroatoms. The van der Waals surface area contributed by atoms with Crippen molar-refractivity contribution in [3.05, 3.63) is 321 Å². The minimum Gasteiger partial charge on any atom is -0.311 e. The van der Waals surface area contributed by atoms with Gasteiger partial charge in [-0.1, -0.05) is 199 Å². The Morgan fingerprint density at radius 2 is 0.719 bits per heavy atom. The van der Waals surface area contributed by atoms with E-state index in [-0.39, 0.29) is 16.9 Å². The minimum absolute atomic E-state index is 0.0280. The lowest BCUT2D eigenvalue weighted by Crippen LogP contribution is -2.65. The molecular formula is C78H50B2F3N5S. The van der Waals surface area contributed by atoms with Crippen molar-refractivity contribution in [1.82, 2.24) is 0 Å². The molecule has 5 nitrogen and oxygen atoms in total. The summed E-state index contributed by atoms with van der Waals surface area (Å²) in [6, 6.07) is 101. The molecule has 420 valence electrons. The number of nitrogens with zero attached hydrogens (tertiary/aromatic N) is 5. The van der Waals surface area contributed by atoms with E-state index in [1.165, 1.54) is 17.8 Å². The third-order valence-corrected chi connectivity index (χ3v) is 18.9. The molecule has 0 saturated heterocycles. The average Bonchev–Trinajstić information content (AvgIpc) is 0.713. The van der Waals surface area contributed by atoms with Crippen LogP contribution in [0.25, 0.3) is 11.1 Å². The molecule has 0 fully saturated rings. The van der Waals surface area contributed by atoms with E-state index < -0.39 is 30.9 Å². The zero-order valence-electron chi connectivity index (χ0n) is 47.8. The summed E-state index contributed by atoms with van der Waals surface area (Å²) in [5.74, 6) is -2.08. The Hall–Kier alpha value is -10.9. The second-order valence-electron chi connectivity index (χ2n) is 22.7. The van der Waals surface area contributed by atoms with Crippen LogP contribution < -0.4 is 57.3 Å². The topological polar surface area (TPSA) is 16.2 Å². The summed E-state index contributed by atoms with van der Waals surface area (Å²) in [4.78, 5) is 12.2. The van der Waals surface area contributed by atoms with Gasteiger partial charge in [0, 0.05) is 89.7 Å². The monoisotopic (exact) mass is 1170 g/mol. The number of hydrogen-bond donors (Lipinski definition) is 0. The van der Waals surface area contributed by atoms with Crippen molar-refractivity contribution in [3.8, 4) is 11.1 Å². The number of anilines is 15. The van der Waals surface area contributed by atoms with Gasteiger partial charge in [0.05, 0.1) is 17.1 Å². The van der Waals surface area contributed by atoms with E-state index in [4.69, 9.17) is 0 Å². The van der Waals surface area contributed by atoms with Crippen LogP contribution in [-0.2, 0) is 0 Å². The molecule has 13 aromatic carbocycles. The highest BCUT2D eigenvalue weighted by Crippen LogP contribution is 2.54. The molecule has 17 rings (SSSR count). The summed E-state index contributed by atoms with van der Waals surface area (Å²) in [7, 11) is 0. The molecule has 0 atom stereocenters. The summed E-state index contributed by atoms with van der Waals surface area (Å²) >= 11 is 1.42. The van der Waals surface area contributed by atoms with Gasteiger partial charge in [-0.05, 0) is 148 Å². The van der Waals surface area contributed by atoms with Gasteiger partial charge >= 0.3 is 0 Å². The highest BCUT2D eigenvalue weighted by Gasteiger charge is 2.50. The van der Waals surface area contributed by atoms with E-state index in [0.717, 1.165) is 107 Å². The summed E-state index contributed by atoms with van der Waals surface area (Å²) in [5.41, 5.74) is 18.0. The van der Waals surface area contributed by atoms with Gasteiger partial charge in [-0.3, -0.25) is 0 Å². The molecule has 0 amide bonds. The zero-order valence-corrected chi connectivity index (χ0v) is 48.6. The fourth-order valence-corrected chi connectivity index (χ4v) is 15.4. The Bertz CT molecular complexity index is 4820. The fraction of sp³-hybridized carbons (Fsp3) is 0. The maximum atomic E-state index is 20.5. The maximum absolute atomic E-state index is 20.5. The highest BCUT2D eigenvalue weighted by atomic mass is 32.2. The van der Waals surface area contributed by atoms with Crippen LogP contribution in [-0.4, -0.2) is 13.4 Å². The summed E-state index contributed by atoms with van der Waals surface area (Å²) in [6.07, 6.45) is 0. The second-order valence-corrected chi connectivity index (χ2v) is 23.8. The Labute approximate surface area is 519 Å². The van der Waals surface area contributed by atoms with Crippen molar-refractivity contribution in [2.75, 3.05) is 24.5 Å². The molecule has 0 radical (unpaired) electrons. The van der Waals surface area contributed by atoms with Crippen LogP contribution in [0.4, 0.5) is 98.5 Å². The Morgan fingerprint density at radius 3 is 1.21 bits per heavy atom. The van der Waals surface area contributed by atoms with Crippen LogP contribution in [0.5, 0.6) is 0 Å². The number of benzene rings is 13. The number of para-hydroxylation sites is 8. The van der Waals surface area contributed by atoms with Gasteiger partial charge in [-0.25, -0.2) is 13.2 Å². The molecule has 0 bridgehead atoms. The first-order valence-corrected chi connectivity index (χ1v) is 30.7. The normalized spacial score (nSPS) is 13.0. The zero-order chi connectivity index (χ0) is 59.3. The number of hydrogen-bond acceptors (Lipinski definition) is 6. The van der Waals surface area contributed by atoms with Gasteiger partial charge in [-0.15, -0.1) is 0 Å². The van der Waals surface area contributed by atoms with Crippen LogP contribution in [0, 0.1) is 17.5 Å². The summed E-state index contributed by atoms with van der Waals surface area (Å²) in [6.45, 7) is -1.03. The largest absolute Gasteiger partial charge is 0.311 e. The number of halogens is 3. The molecule has 0 unspecified atom stereocenters. The molecule has 0 N–H and O–H groups in total. The van der Waals surface area contributed by atoms with Gasteiger partial charge in [0.25, 0.3) is 6.71 Å². The first-order chi connectivity index (χ1) is 43.9. The molecule has 4 heterocycles. The van der Waals surface area contributed by atoms with Gasteiger partial charge in [0.2, 0.25) is 6.71 Å². The quantitative estimate of drug-likeness (QED) is 0.126. The van der Waals surface area contributed by atoms with E-state index in [9.17, 15) is 0 Å². The van der Waals surface area contributed by atoms with Gasteiger partial charge in [0.15, 0.2) is 11.6 Å². The maximum Gasteiger partial charge on any atom is 0.252 e. The molecule has 13 aromatic rings. The predicted octanol–water partition coefficient (Wildman–Crippen LogP) is 17.6. The van der Waals surface area contributed by atoms with Crippen LogP contribution in [0.1, 0.15) is 0 Å². The van der Waals surface area contributed by atoms with Gasteiger partial charge in [0.1, 0.15) is 5.82 Å². The summed E-state index contributed by atoms with van der Waals surface area (Å²) in [5, 5.41) is 0. The Balaban J connectivity index is 0.999. The molecule has 0 spiro atoms. The van der Waals surface area contributed by atoms with Crippen LogP contribution in [0.2, 0.25) is 0 Å². The fourth-order valence-electron chi connectivity index (χ4n) is 14.2. The molecule has 0 aliphatic carbocycles. The van der Waals surface area contributed by atoms with Gasteiger partial charge in [-0.2, -0.15) is 0 Å². The van der Waals surface area contributed by atoms with Crippen molar-refractivity contribution in [2.45, 2.75) is 9.79 Å². The lowest BCUT2D eigenvalue weighted by atomic mass is 9.31.